The highest BCUT2D eigenvalue weighted by molar-refractivity contribution is 5.90. The lowest BCUT2D eigenvalue weighted by Crippen LogP contribution is -2.20. The van der Waals surface area contributed by atoms with Gasteiger partial charge in [0.15, 0.2) is 11.5 Å². The van der Waals surface area contributed by atoms with Gasteiger partial charge in [-0.25, -0.2) is 4.39 Å². The molecule has 0 bridgehead atoms. The Morgan fingerprint density at radius 2 is 1.85 bits per heavy atom. The van der Waals surface area contributed by atoms with Crippen LogP contribution in [0.1, 0.15) is 0 Å². The van der Waals surface area contributed by atoms with Gasteiger partial charge in [-0.05, 0) is 47.7 Å². The topological polar surface area (TPSA) is 91.2 Å². The minimum Gasteiger partial charge on any atom is -0.493 e. The molecule has 0 fully saturated rings. The molecule has 1 aromatic heterocycles. The van der Waals surface area contributed by atoms with Crippen LogP contribution in [0.5, 0.6) is 11.5 Å². The van der Waals surface area contributed by atoms with Gasteiger partial charge < -0.3 is 14.8 Å². The van der Waals surface area contributed by atoms with E-state index in [9.17, 15) is 9.18 Å². The van der Waals surface area contributed by atoms with Crippen molar-refractivity contribution < 1.29 is 18.7 Å². The van der Waals surface area contributed by atoms with Crippen molar-refractivity contribution >= 4 is 11.6 Å². The number of nitrogens with zero attached hydrogens (tertiary/aromatic N) is 4. The normalized spacial score (nSPS) is 10.4. The Hall–Kier alpha value is -3.49. The summed E-state index contributed by atoms with van der Waals surface area (Å²) in [6.07, 6.45) is 0. The monoisotopic (exact) mass is 357 g/mol. The Morgan fingerprint density at radius 3 is 2.54 bits per heavy atom. The molecule has 9 heteroatoms. The first-order valence-corrected chi connectivity index (χ1v) is 7.64. The number of methoxy groups -OCH3 is 2. The lowest BCUT2D eigenvalue weighted by atomic mass is 10.2. The number of aromatic nitrogens is 4. The first-order chi connectivity index (χ1) is 12.6. The SMILES string of the molecule is COc1ccc(-c2nnn(CC(=O)Nc3ccc(F)cc3)n2)cc1OC. The van der Waals surface area contributed by atoms with Crippen LogP contribution in [0.25, 0.3) is 11.4 Å². The second kappa shape index (κ2) is 7.60. The number of halogens is 1. The van der Waals surface area contributed by atoms with Crippen LogP contribution < -0.4 is 14.8 Å². The number of amides is 1. The van der Waals surface area contributed by atoms with E-state index in [1.54, 1.807) is 25.3 Å². The average Bonchev–Trinajstić information content (AvgIpc) is 3.11. The van der Waals surface area contributed by atoms with Gasteiger partial charge in [0.1, 0.15) is 12.4 Å². The molecule has 0 spiro atoms. The number of carbonyl (C=O) groups excluding carboxylic acids is 1. The van der Waals surface area contributed by atoms with E-state index in [-0.39, 0.29) is 18.3 Å². The number of carbonyl (C=O) groups is 1. The predicted molar refractivity (Wildman–Crippen MR) is 91.4 cm³/mol. The summed E-state index contributed by atoms with van der Waals surface area (Å²) in [5.74, 6) is 0.742. The van der Waals surface area contributed by atoms with Gasteiger partial charge >= 0.3 is 0 Å². The second-order valence-electron chi connectivity index (χ2n) is 5.27. The Balaban J connectivity index is 1.69. The summed E-state index contributed by atoms with van der Waals surface area (Å²) in [5.41, 5.74) is 1.16. The zero-order valence-electron chi connectivity index (χ0n) is 14.1. The molecule has 1 N–H and O–H groups in total. The molecule has 2 aromatic carbocycles. The number of ether oxygens (including phenoxy) is 2. The Morgan fingerprint density at radius 1 is 1.12 bits per heavy atom. The lowest BCUT2D eigenvalue weighted by molar-refractivity contribution is -0.117. The van der Waals surface area contributed by atoms with E-state index in [1.165, 1.54) is 36.2 Å². The van der Waals surface area contributed by atoms with Crippen LogP contribution in [0.2, 0.25) is 0 Å². The molecule has 3 rings (SSSR count). The number of rotatable bonds is 6. The molecule has 8 nitrogen and oxygen atoms in total. The summed E-state index contributed by atoms with van der Waals surface area (Å²) in [7, 11) is 3.08. The molecule has 0 aliphatic carbocycles. The maximum atomic E-state index is 12.9. The highest BCUT2D eigenvalue weighted by atomic mass is 19.1. The minimum absolute atomic E-state index is 0.127. The van der Waals surface area contributed by atoms with Crippen molar-refractivity contribution in [2.24, 2.45) is 0 Å². The van der Waals surface area contributed by atoms with Crippen molar-refractivity contribution in [1.29, 1.82) is 0 Å². The third-order valence-corrected chi connectivity index (χ3v) is 3.51. The van der Waals surface area contributed by atoms with E-state index >= 15 is 0 Å². The molecule has 3 aromatic rings. The average molecular weight is 357 g/mol. The fourth-order valence-corrected chi connectivity index (χ4v) is 2.26. The standard InChI is InChI=1S/C17H16FN5O3/c1-25-14-8-3-11(9-15(14)26-2)17-20-22-23(21-17)10-16(24)19-13-6-4-12(18)5-7-13/h3-9H,10H2,1-2H3,(H,19,24). The van der Waals surface area contributed by atoms with Crippen LogP contribution in [0.3, 0.4) is 0 Å². The third kappa shape index (κ3) is 3.94. The Labute approximate surface area is 148 Å². The van der Waals surface area contributed by atoms with E-state index in [0.29, 0.717) is 28.6 Å². The molecule has 0 saturated heterocycles. The largest absolute Gasteiger partial charge is 0.493 e. The molecule has 0 aliphatic rings. The quantitative estimate of drug-likeness (QED) is 0.727. The van der Waals surface area contributed by atoms with Crippen molar-refractivity contribution in [2.45, 2.75) is 6.54 Å². The van der Waals surface area contributed by atoms with E-state index in [4.69, 9.17) is 9.47 Å². The fourth-order valence-electron chi connectivity index (χ4n) is 2.26. The van der Waals surface area contributed by atoms with E-state index in [2.05, 4.69) is 20.7 Å². The van der Waals surface area contributed by atoms with E-state index < -0.39 is 0 Å². The smallest absolute Gasteiger partial charge is 0.248 e. The maximum absolute atomic E-state index is 12.9. The molecule has 0 radical (unpaired) electrons. The molecule has 0 atom stereocenters. The van der Waals surface area contributed by atoms with Crippen LogP contribution in [0.4, 0.5) is 10.1 Å². The van der Waals surface area contributed by atoms with Gasteiger partial charge in [0.25, 0.3) is 0 Å². The Bertz CT molecular complexity index is 911. The number of hydrogen-bond donors (Lipinski definition) is 1. The maximum Gasteiger partial charge on any atom is 0.248 e. The van der Waals surface area contributed by atoms with Gasteiger partial charge in [0, 0.05) is 11.3 Å². The lowest BCUT2D eigenvalue weighted by Gasteiger charge is -2.07. The van der Waals surface area contributed by atoms with Crippen LogP contribution in [0, 0.1) is 5.82 Å². The van der Waals surface area contributed by atoms with Crippen LogP contribution in [-0.2, 0) is 11.3 Å². The zero-order chi connectivity index (χ0) is 18.5. The summed E-state index contributed by atoms with van der Waals surface area (Å²) in [6, 6.07) is 10.7. The van der Waals surface area contributed by atoms with Gasteiger partial charge in [-0.2, -0.15) is 4.80 Å². The molecule has 0 unspecified atom stereocenters. The highest BCUT2D eigenvalue weighted by Gasteiger charge is 2.12. The first kappa shape index (κ1) is 17.3. The number of hydrogen-bond acceptors (Lipinski definition) is 6. The molecule has 1 heterocycles. The van der Waals surface area contributed by atoms with Gasteiger partial charge in [-0.3, -0.25) is 4.79 Å². The minimum atomic E-state index is -0.375. The zero-order valence-corrected chi connectivity index (χ0v) is 14.1. The van der Waals surface area contributed by atoms with Crippen molar-refractivity contribution in [1.82, 2.24) is 20.2 Å². The molecule has 26 heavy (non-hydrogen) atoms. The van der Waals surface area contributed by atoms with Crippen molar-refractivity contribution in [3.63, 3.8) is 0 Å². The fraction of sp³-hybridized carbons (Fsp3) is 0.176. The summed E-state index contributed by atoms with van der Waals surface area (Å²) in [4.78, 5) is 13.2. The molecule has 1 amide bonds. The van der Waals surface area contributed by atoms with E-state index in [0.717, 1.165) is 0 Å². The van der Waals surface area contributed by atoms with Gasteiger partial charge in [0.05, 0.1) is 14.2 Å². The highest BCUT2D eigenvalue weighted by Crippen LogP contribution is 2.30. The van der Waals surface area contributed by atoms with Crippen LogP contribution >= 0.6 is 0 Å². The van der Waals surface area contributed by atoms with Crippen LogP contribution in [-0.4, -0.2) is 40.3 Å². The number of nitrogens with one attached hydrogen (secondary N) is 1. The van der Waals surface area contributed by atoms with Crippen molar-refractivity contribution in [3.05, 3.63) is 48.3 Å². The molecule has 0 aliphatic heterocycles. The molecular formula is C17H16FN5O3. The van der Waals surface area contributed by atoms with E-state index in [1.807, 2.05) is 0 Å². The molecule has 134 valence electrons. The van der Waals surface area contributed by atoms with Crippen molar-refractivity contribution in [2.75, 3.05) is 19.5 Å². The second-order valence-corrected chi connectivity index (χ2v) is 5.27. The molecule has 0 saturated carbocycles. The van der Waals surface area contributed by atoms with Gasteiger partial charge in [0.2, 0.25) is 11.7 Å². The van der Waals surface area contributed by atoms with Crippen LogP contribution in [0.15, 0.2) is 42.5 Å². The first-order valence-electron chi connectivity index (χ1n) is 7.64. The summed E-state index contributed by atoms with van der Waals surface area (Å²) in [6.45, 7) is -0.127. The Kier molecular flexibility index (Phi) is 5.07. The summed E-state index contributed by atoms with van der Waals surface area (Å²) >= 11 is 0. The van der Waals surface area contributed by atoms with Gasteiger partial charge in [-0.15, -0.1) is 10.2 Å². The summed E-state index contributed by atoms with van der Waals surface area (Å²) in [5, 5.41) is 14.6. The van der Waals surface area contributed by atoms with Gasteiger partial charge in [-0.1, -0.05) is 0 Å². The number of benzene rings is 2. The number of anilines is 1. The molecular weight excluding hydrogens is 341 g/mol. The number of tetrazole rings is 1. The third-order valence-electron chi connectivity index (χ3n) is 3.51. The predicted octanol–water partition coefficient (Wildman–Crippen LogP) is 2.14. The summed E-state index contributed by atoms with van der Waals surface area (Å²) < 4.78 is 23.3. The van der Waals surface area contributed by atoms with Crippen molar-refractivity contribution in [3.8, 4) is 22.9 Å².